The van der Waals surface area contributed by atoms with Crippen LogP contribution in [0.3, 0.4) is 0 Å². The lowest BCUT2D eigenvalue weighted by molar-refractivity contribution is 0.587. The lowest BCUT2D eigenvalue weighted by Gasteiger charge is -2.36. The molecule has 2 aromatic rings. The monoisotopic (exact) mass is 307 g/mol. The third-order valence-corrected chi connectivity index (χ3v) is 3.67. The zero-order valence-electron chi connectivity index (χ0n) is 11.3. The normalized spacial score (nSPS) is 15.3. The van der Waals surface area contributed by atoms with Gasteiger partial charge in [0.15, 0.2) is 11.6 Å². The van der Waals surface area contributed by atoms with Crippen LogP contribution in [0.5, 0.6) is 0 Å². The van der Waals surface area contributed by atoms with Crippen molar-refractivity contribution < 1.29 is 4.39 Å². The van der Waals surface area contributed by atoms with E-state index >= 15 is 0 Å². The largest absolute Gasteiger partial charge is 0.397 e. The van der Waals surface area contributed by atoms with E-state index in [9.17, 15) is 4.39 Å². The van der Waals surface area contributed by atoms with Crippen molar-refractivity contribution in [2.24, 2.45) is 0 Å². The molecule has 0 atom stereocenters. The van der Waals surface area contributed by atoms with Gasteiger partial charge in [-0.3, -0.25) is 0 Å². The van der Waals surface area contributed by atoms with Crippen LogP contribution < -0.4 is 15.5 Å². The summed E-state index contributed by atoms with van der Waals surface area (Å²) in [7, 11) is 0. The van der Waals surface area contributed by atoms with E-state index < -0.39 is 0 Å². The highest BCUT2D eigenvalue weighted by Gasteiger charge is 2.21. The zero-order valence-corrected chi connectivity index (χ0v) is 12.1. The smallest absolute Gasteiger partial charge is 0.167 e. The van der Waals surface area contributed by atoms with Gasteiger partial charge in [0.05, 0.1) is 16.9 Å². The molecule has 110 valence electrons. The van der Waals surface area contributed by atoms with Crippen molar-refractivity contribution in [1.82, 2.24) is 9.97 Å². The maximum absolute atomic E-state index is 13.9. The molecule has 7 heteroatoms. The van der Waals surface area contributed by atoms with E-state index in [-0.39, 0.29) is 5.82 Å². The van der Waals surface area contributed by atoms with Gasteiger partial charge in [-0.25, -0.2) is 14.4 Å². The molecular weight excluding hydrogens is 293 g/mol. The fourth-order valence-electron chi connectivity index (χ4n) is 2.37. The molecule has 2 N–H and O–H groups in total. The minimum Gasteiger partial charge on any atom is -0.397 e. The number of hydrogen-bond acceptors (Lipinski definition) is 5. The molecule has 0 spiro atoms. The number of nitrogen functional groups attached to an aromatic ring is 1. The van der Waals surface area contributed by atoms with Crippen LogP contribution in [0.25, 0.3) is 0 Å². The van der Waals surface area contributed by atoms with Gasteiger partial charge in [0.2, 0.25) is 0 Å². The Hall–Kier alpha value is -2.08. The van der Waals surface area contributed by atoms with E-state index in [4.69, 9.17) is 17.3 Å². The number of halogens is 2. The number of piperazine rings is 1. The molecule has 0 radical (unpaired) electrons. The summed E-state index contributed by atoms with van der Waals surface area (Å²) in [5, 5.41) is 0.306. The number of nitrogens with two attached hydrogens (primary N) is 1. The van der Waals surface area contributed by atoms with Crippen LogP contribution in [0.4, 0.5) is 21.7 Å². The first kappa shape index (κ1) is 13.9. The SMILES string of the molecule is Nc1ccc(N2CCN(c3ncc(Cl)cc3F)CC2)nc1. The molecule has 3 rings (SSSR count). The topological polar surface area (TPSA) is 58.3 Å². The molecule has 0 bridgehead atoms. The molecule has 1 aliphatic rings. The second kappa shape index (κ2) is 5.73. The Morgan fingerprint density at radius 3 is 2.38 bits per heavy atom. The summed E-state index contributed by atoms with van der Waals surface area (Å²) >= 11 is 5.72. The molecule has 1 aliphatic heterocycles. The van der Waals surface area contributed by atoms with E-state index in [1.54, 1.807) is 6.20 Å². The highest BCUT2D eigenvalue weighted by Crippen LogP contribution is 2.22. The van der Waals surface area contributed by atoms with E-state index in [0.29, 0.717) is 29.6 Å². The van der Waals surface area contributed by atoms with Gasteiger partial charge in [0, 0.05) is 32.4 Å². The average Bonchev–Trinajstić information content (AvgIpc) is 2.48. The summed E-state index contributed by atoms with van der Waals surface area (Å²) < 4.78 is 13.9. The number of aromatic nitrogens is 2. The van der Waals surface area contributed by atoms with Gasteiger partial charge < -0.3 is 15.5 Å². The highest BCUT2D eigenvalue weighted by molar-refractivity contribution is 6.30. The van der Waals surface area contributed by atoms with Crippen molar-refractivity contribution in [3.05, 3.63) is 41.4 Å². The van der Waals surface area contributed by atoms with Crippen molar-refractivity contribution in [2.75, 3.05) is 41.7 Å². The summed E-state index contributed by atoms with van der Waals surface area (Å²) in [5.74, 6) is 0.847. The van der Waals surface area contributed by atoms with Gasteiger partial charge >= 0.3 is 0 Å². The van der Waals surface area contributed by atoms with Crippen LogP contribution in [-0.4, -0.2) is 36.1 Å². The molecule has 0 saturated carbocycles. The Morgan fingerprint density at radius 2 is 1.76 bits per heavy atom. The van der Waals surface area contributed by atoms with Crippen LogP contribution in [0, 0.1) is 5.82 Å². The molecule has 0 aliphatic carbocycles. The van der Waals surface area contributed by atoms with Crippen LogP contribution >= 0.6 is 11.6 Å². The lowest BCUT2D eigenvalue weighted by atomic mass is 10.3. The summed E-state index contributed by atoms with van der Waals surface area (Å²) in [6.07, 6.45) is 3.11. The predicted octanol–water partition coefficient (Wildman–Crippen LogP) is 2.18. The highest BCUT2D eigenvalue weighted by atomic mass is 35.5. The molecule has 5 nitrogen and oxygen atoms in total. The summed E-state index contributed by atoms with van der Waals surface area (Å²) in [6, 6.07) is 5.01. The maximum atomic E-state index is 13.9. The van der Waals surface area contributed by atoms with Gasteiger partial charge in [0.1, 0.15) is 5.82 Å². The predicted molar refractivity (Wildman–Crippen MR) is 82.3 cm³/mol. The van der Waals surface area contributed by atoms with Crippen LogP contribution in [-0.2, 0) is 0 Å². The Bertz CT molecular complexity index is 626. The maximum Gasteiger partial charge on any atom is 0.167 e. The Labute approximate surface area is 127 Å². The Kier molecular flexibility index (Phi) is 3.79. The zero-order chi connectivity index (χ0) is 14.8. The molecule has 0 amide bonds. The molecule has 2 aromatic heterocycles. The molecule has 0 unspecified atom stereocenters. The molecule has 0 aromatic carbocycles. The number of hydrogen-bond donors (Lipinski definition) is 1. The van der Waals surface area contributed by atoms with E-state index in [1.165, 1.54) is 12.3 Å². The number of nitrogens with zero attached hydrogens (tertiary/aromatic N) is 4. The van der Waals surface area contributed by atoms with E-state index in [1.807, 2.05) is 17.0 Å². The third kappa shape index (κ3) is 3.00. The molecule has 21 heavy (non-hydrogen) atoms. The van der Waals surface area contributed by atoms with Gasteiger partial charge in [-0.1, -0.05) is 11.6 Å². The Balaban J connectivity index is 1.68. The van der Waals surface area contributed by atoms with Crippen LogP contribution in [0.2, 0.25) is 5.02 Å². The van der Waals surface area contributed by atoms with Crippen molar-refractivity contribution in [3.63, 3.8) is 0 Å². The van der Waals surface area contributed by atoms with Crippen molar-refractivity contribution in [2.45, 2.75) is 0 Å². The van der Waals surface area contributed by atoms with Gasteiger partial charge in [-0.05, 0) is 18.2 Å². The second-order valence-electron chi connectivity index (χ2n) is 4.88. The number of rotatable bonds is 2. The minimum absolute atomic E-state index is 0.306. The summed E-state index contributed by atoms with van der Waals surface area (Å²) in [6.45, 7) is 2.86. The minimum atomic E-state index is -0.387. The number of pyridine rings is 2. The fraction of sp³-hybridized carbons (Fsp3) is 0.286. The lowest BCUT2D eigenvalue weighted by Crippen LogP contribution is -2.47. The number of anilines is 3. The molecule has 1 saturated heterocycles. The molecule has 3 heterocycles. The van der Waals surface area contributed by atoms with E-state index in [2.05, 4.69) is 14.9 Å². The van der Waals surface area contributed by atoms with Crippen LogP contribution in [0.1, 0.15) is 0 Å². The fourth-order valence-corrected chi connectivity index (χ4v) is 2.52. The van der Waals surface area contributed by atoms with Gasteiger partial charge in [-0.2, -0.15) is 0 Å². The van der Waals surface area contributed by atoms with Crippen molar-refractivity contribution >= 4 is 28.9 Å². The van der Waals surface area contributed by atoms with Crippen molar-refractivity contribution in [1.29, 1.82) is 0 Å². The first-order valence-electron chi connectivity index (χ1n) is 6.66. The molecule has 1 fully saturated rings. The van der Waals surface area contributed by atoms with Gasteiger partial charge in [-0.15, -0.1) is 0 Å². The second-order valence-corrected chi connectivity index (χ2v) is 5.32. The summed E-state index contributed by atoms with van der Waals surface area (Å²) in [4.78, 5) is 12.4. The van der Waals surface area contributed by atoms with E-state index in [0.717, 1.165) is 18.9 Å². The first-order chi connectivity index (χ1) is 10.1. The molecular formula is C14H15ClFN5. The standard InChI is InChI=1S/C14H15ClFN5/c15-10-7-12(16)14(19-8-10)21-5-3-20(4-6-21)13-2-1-11(17)9-18-13/h1-2,7-9H,3-6,17H2. The van der Waals surface area contributed by atoms with Gasteiger partial charge in [0.25, 0.3) is 0 Å². The van der Waals surface area contributed by atoms with Crippen LogP contribution in [0.15, 0.2) is 30.6 Å². The van der Waals surface area contributed by atoms with Crippen molar-refractivity contribution in [3.8, 4) is 0 Å². The average molecular weight is 308 g/mol. The first-order valence-corrected chi connectivity index (χ1v) is 7.04. The summed E-state index contributed by atoms with van der Waals surface area (Å²) in [5.41, 5.74) is 6.28. The third-order valence-electron chi connectivity index (χ3n) is 3.46. The Morgan fingerprint density at radius 1 is 1.05 bits per heavy atom. The quantitative estimate of drug-likeness (QED) is 0.921.